The topological polar surface area (TPSA) is 44.0 Å². The molecule has 0 saturated carbocycles. The third-order valence-corrected chi connectivity index (χ3v) is 3.62. The summed E-state index contributed by atoms with van der Waals surface area (Å²) in [5.41, 5.74) is 2.91. The summed E-state index contributed by atoms with van der Waals surface area (Å²) < 4.78 is 0. The van der Waals surface area contributed by atoms with E-state index in [4.69, 9.17) is 5.26 Å². The van der Waals surface area contributed by atoms with E-state index in [9.17, 15) is 5.11 Å². The Labute approximate surface area is 120 Å². The van der Waals surface area contributed by atoms with Crippen LogP contribution in [0.25, 0.3) is 0 Å². The molecular formula is C18H19NO. The summed E-state index contributed by atoms with van der Waals surface area (Å²) in [6.07, 6.45) is 1.58. The van der Waals surface area contributed by atoms with Crippen LogP contribution in [0.2, 0.25) is 0 Å². The molecule has 2 aromatic carbocycles. The quantitative estimate of drug-likeness (QED) is 0.918. The van der Waals surface area contributed by atoms with Gasteiger partial charge in [-0.25, -0.2) is 0 Å². The van der Waals surface area contributed by atoms with Crippen LogP contribution in [0.5, 0.6) is 0 Å². The molecule has 0 aliphatic rings. The highest BCUT2D eigenvalue weighted by atomic mass is 16.3. The van der Waals surface area contributed by atoms with Gasteiger partial charge in [0.25, 0.3) is 0 Å². The maximum atomic E-state index is 10.6. The number of nitrogens with zero attached hydrogens (tertiary/aromatic N) is 1. The van der Waals surface area contributed by atoms with Gasteiger partial charge in [0.2, 0.25) is 0 Å². The number of rotatable bonds is 4. The van der Waals surface area contributed by atoms with Crippen molar-refractivity contribution in [3.05, 3.63) is 70.8 Å². The van der Waals surface area contributed by atoms with Crippen molar-refractivity contribution in [2.24, 2.45) is 0 Å². The van der Waals surface area contributed by atoms with Crippen molar-refractivity contribution in [1.82, 2.24) is 0 Å². The third kappa shape index (κ3) is 3.26. The van der Waals surface area contributed by atoms with Crippen LogP contribution >= 0.6 is 0 Å². The van der Waals surface area contributed by atoms with Crippen molar-refractivity contribution in [1.29, 1.82) is 5.26 Å². The van der Waals surface area contributed by atoms with E-state index in [0.29, 0.717) is 12.0 Å². The lowest BCUT2D eigenvalue weighted by Gasteiger charge is -2.24. The molecule has 0 spiro atoms. The Balaban J connectivity index is 2.18. The third-order valence-electron chi connectivity index (χ3n) is 3.62. The van der Waals surface area contributed by atoms with Gasteiger partial charge < -0.3 is 5.11 Å². The minimum absolute atomic E-state index is 0.558. The molecule has 0 heterocycles. The fraction of sp³-hybridized carbons (Fsp3) is 0.278. The number of aliphatic hydroxyl groups is 1. The van der Waals surface area contributed by atoms with Gasteiger partial charge >= 0.3 is 0 Å². The van der Waals surface area contributed by atoms with Gasteiger partial charge in [0.05, 0.1) is 17.2 Å². The molecule has 0 aliphatic carbocycles. The van der Waals surface area contributed by atoms with Gasteiger partial charge in [0, 0.05) is 6.42 Å². The molecule has 2 heteroatoms. The zero-order valence-electron chi connectivity index (χ0n) is 11.9. The molecule has 0 fully saturated rings. The van der Waals surface area contributed by atoms with E-state index >= 15 is 0 Å². The minimum atomic E-state index is -0.929. The molecular weight excluding hydrogens is 246 g/mol. The van der Waals surface area contributed by atoms with E-state index in [1.807, 2.05) is 19.1 Å². The average molecular weight is 265 g/mol. The van der Waals surface area contributed by atoms with E-state index in [-0.39, 0.29) is 0 Å². The highest BCUT2D eigenvalue weighted by Crippen LogP contribution is 2.25. The standard InChI is InChI=1S/C18H19NO/c1-3-14-4-6-15(7-5-14)12-18(2,20)17-10-8-16(13-19)9-11-17/h4-11,20H,3,12H2,1-2H3. The fourth-order valence-electron chi connectivity index (χ4n) is 2.30. The highest BCUT2D eigenvalue weighted by Gasteiger charge is 2.23. The van der Waals surface area contributed by atoms with Crippen LogP contribution in [0.1, 0.15) is 36.1 Å². The summed E-state index contributed by atoms with van der Waals surface area (Å²) in [4.78, 5) is 0. The molecule has 1 atom stereocenters. The van der Waals surface area contributed by atoms with E-state index in [2.05, 4.69) is 37.3 Å². The van der Waals surface area contributed by atoms with E-state index in [1.165, 1.54) is 5.56 Å². The van der Waals surface area contributed by atoms with Crippen LogP contribution in [-0.2, 0) is 18.4 Å². The van der Waals surface area contributed by atoms with Crippen molar-refractivity contribution >= 4 is 0 Å². The molecule has 0 radical (unpaired) electrons. The van der Waals surface area contributed by atoms with Gasteiger partial charge in [0.15, 0.2) is 0 Å². The Kier molecular flexibility index (Phi) is 4.22. The summed E-state index contributed by atoms with van der Waals surface area (Å²) in [6, 6.07) is 17.5. The summed E-state index contributed by atoms with van der Waals surface area (Å²) in [5, 5.41) is 19.4. The zero-order chi connectivity index (χ0) is 14.6. The monoisotopic (exact) mass is 265 g/mol. The number of hydrogen-bond acceptors (Lipinski definition) is 2. The Morgan fingerprint density at radius 1 is 1.00 bits per heavy atom. The lowest BCUT2D eigenvalue weighted by Crippen LogP contribution is -2.24. The second-order valence-corrected chi connectivity index (χ2v) is 5.31. The lowest BCUT2D eigenvalue weighted by molar-refractivity contribution is 0.0576. The largest absolute Gasteiger partial charge is 0.385 e. The van der Waals surface area contributed by atoms with Gasteiger partial charge in [0.1, 0.15) is 0 Å². The maximum Gasteiger partial charge on any atom is 0.0991 e. The van der Waals surface area contributed by atoms with Crippen LogP contribution < -0.4 is 0 Å². The van der Waals surface area contributed by atoms with Crippen molar-refractivity contribution in [2.45, 2.75) is 32.3 Å². The first kappa shape index (κ1) is 14.3. The summed E-state index contributed by atoms with van der Waals surface area (Å²) in [7, 11) is 0. The van der Waals surface area contributed by atoms with Crippen molar-refractivity contribution in [2.75, 3.05) is 0 Å². The zero-order valence-corrected chi connectivity index (χ0v) is 11.9. The second-order valence-electron chi connectivity index (χ2n) is 5.31. The summed E-state index contributed by atoms with van der Waals surface area (Å²) >= 11 is 0. The molecule has 102 valence electrons. The van der Waals surface area contributed by atoms with Crippen molar-refractivity contribution in [3.8, 4) is 6.07 Å². The van der Waals surface area contributed by atoms with Gasteiger partial charge in [-0.05, 0) is 42.2 Å². The van der Waals surface area contributed by atoms with Crippen LogP contribution in [-0.4, -0.2) is 5.11 Å². The number of aryl methyl sites for hydroxylation is 1. The molecule has 0 aliphatic heterocycles. The van der Waals surface area contributed by atoms with E-state index < -0.39 is 5.60 Å². The molecule has 0 bridgehead atoms. The smallest absolute Gasteiger partial charge is 0.0991 e. The highest BCUT2D eigenvalue weighted by molar-refractivity contribution is 5.35. The first-order valence-electron chi connectivity index (χ1n) is 6.86. The first-order chi connectivity index (χ1) is 9.55. The molecule has 1 unspecified atom stereocenters. The first-order valence-corrected chi connectivity index (χ1v) is 6.86. The fourth-order valence-corrected chi connectivity index (χ4v) is 2.30. The van der Waals surface area contributed by atoms with Crippen molar-refractivity contribution < 1.29 is 5.11 Å². The molecule has 0 saturated heterocycles. The Morgan fingerprint density at radius 3 is 2.05 bits per heavy atom. The maximum absolute atomic E-state index is 10.6. The molecule has 2 nitrogen and oxygen atoms in total. The van der Waals surface area contributed by atoms with Crippen LogP contribution in [0.15, 0.2) is 48.5 Å². The van der Waals surface area contributed by atoms with E-state index in [1.54, 1.807) is 12.1 Å². The molecule has 0 amide bonds. The van der Waals surface area contributed by atoms with Gasteiger partial charge in [-0.1, -0.05) is 43.3 Å². The Morgan fingerprint density at radius 2 is 1.55 bits per heavy atom. The minimum Gasteiger partial charge on any atom is -0.385 e. The molecule has 2 rings (SSSR count). The summed E-state index contributed by atoms with van der Waals surface area (Å²) in [6.45, 7) is 3.93. The Hall–Kier alpha value is -2.11. The number of nitriles is 1. The second kappa shape index (κ2) is 5.90. The lowest BCUT2D eigenvalue weighted by atomic mass is 9.88. The predicted molar refractivity (Wildman–Crippen MR) is 80.3 cm³/mol. The van der Waals surface area contributed by atoms with Crippen LogP contribution in [0, 0.1) is 11.3 Å². The molecule has 0 aromatic heterocycles. The van der Waals surface area contributed by atoms with Gasteiger partial charge in [-0.15, -0.1) is 0 Å². The number of hydrogen-bond donors (Lipinski definition) is 1. The van der Waals surface area contributed by atoms with Gasteiger partial charge in [-0.3, -0.25) is 0 Å². The number of benzene rings is 2. The van der Waals surface area contributed by atoms with Crippen LogP contribution in [0.3, 0.4) is 0 Å². The molecule has 20 heavy (non-hydrogen) atoms. The Bertz CT molecular complexity index is 603. The normalized spacial score (nSPS) is 13.5. The molecule has 1 N–H and O–H groups in total. The molecule has 2 aromatic rings. The van der Waals surface area contributed by atoms with Crippen molar-refractivity contribution in [3.63, 3.8) is 0 Å². The van der Waals surface area contributed by atoms with E-state index in [0.717, 1.165) is 17.5 Å². The SMILES string of the molecule is CCc1ccc(CC(C)(O)c2ccc(C#N)cc2)cc1. The predicted octanol–water partition coefficient (Wildman–Crippen LogP) is 3.57. The average Bonchev–Trinajstić information content (AvgIpc) is 2.48. The summed E-state index contributed by atoms with van der Waals surface area (Å²) in [5.74, 6) is 0. The van der Waals surface area contributed by atoms with Gasteiger partial charge in [-0.2, -0.15) is 5.26 Å². The van der Waals surface area contributed by atoms with Crippen LogP contribution in [0.4, 0.5) is 0 Å².